The van der Waals surface area contributed by atoms with E-state index in [-0.39, 0.29) is 5.78 Å². The second-order valence-electron chi connectivity index (χ2n) is 4.79. The highest BCUT2D eigenvalue weighted by Crippen LogP contribution is 2.38. The van der Waals surface area contributed by atoms with Crippen LogP contribution in [0.3, 0.4) is 0 Å². The SMILES string of the molecule is COc1ccc(C=C2CCC(=C(SC)SC)C2=O)cc1OC. The van der Waals surface area contributed by atoms with Crippen molar-refractivity contribution in [2.24, 2.45) is 0 Å². The molecule has 5 heteroatoms. The average molecular weight is 336 g/mol. The number of ketones is 1. The summed E-state index contributed by atoms with van der Waals surface area (Å²) in [4.78, 5) is 12.5. The second-order valence-corrected chi connectivity index (χ2v) is 6.68. The third-order valence-corrected chi connectivity index (χ3v) is 5.81. The molecule has 0 N–H and O–H groups in total. The largest absolute Gasteiger partial charge is 0.493 e. The Balaban J connectivity index is 2.32. The van der Waals surface area contributed by atoms with E-state index in [0.717, 1.165) is 33.8 Å². The molecule has 0 bridgehead atoms. The van der Waals surface area contributed by atoms with Crippen LogP contribution < -0.4 is 9.47 Å². The lowest BCUT2D eigenvalue weighted by molar-refractivity contribution is -0.111. The fourth-order valence-electron chi connectivity index (χ4n) is 2.49. The van der Waals surface area contributed by atoms with Gasteiger partial charge in [-0.05, 0) is 49.1 Å². The molecule has 0 amide bonds. The number of ether oxygens (including phenoxy) is 2. The van der Waals surface area contributed by atoms with Gasteiger partial charge in [-0.2, -0.15) is 0 Å². The average Bonchev–Trinajstić information content (AvgIpc) is 2.90. The lowest BCUT2D eigenvalue weighted by Crippen LogP contribution is -1.97. The normalized spacial score (nSPS) is 16.3. The Kier molecular flexibility index (Phi) is 6.03. The van der Waals surface area contributed by atoms with Crippen molar-refractivity contribution in [1.29, 1.82) is 0 Å². The van der Waals surface area contributed by atoms with E-state index in [9.17, 15) is 4.79 Å². The zero-order valence-electron chi connectivity index (χ0n) is 13.3. The van der Waals surface area contributed by atoms with Crippen molar-refractivity contribution in [3.63, 3.8) is 0 Å². The molecule has 22 heavy (non-hydrogen) atoms. The molecule has 1 aromatic carbocycles. The van der Waals surface area contributed by atoms with Gasteiger partial charge < -0.3 is 9.47 Å². The summed E-state index contributed by atoms with van der Waals surface area (Å²) in [5, 5.41) is 0. The van der Waals surface area contributed by atoms with Gasteiger partial charge in [0, 0.05) is 15.4 Å². The fraction of sp³-hybridized carbons (Fsp3) is 0.353. The molecule has 2 rings (SSSR count). The van der Waals surface area contributed by atoms with Crippen LogP contribution in [0.2, 0.25) is 0 Å². The van der Waals surface area contributed by atoms with Crippen LogP contribution in [0, 0.1) is 0 Å². The molecule has 118 valence electrons. The minimum atomic E-state index is 0.175. The van der Waals surface area contributed by atoms with Gasteiger partial charge >= 0.3 is 0 Å². The maximum Gasteiger partial charge on any atom is 0.186 e. The van der Waals surface area contributed by atoms with E-state index in [1.54, 1.807) is 37.7 Å². The maximum atomic E-state index is 12.5. The van der Waals surface area contributed by atoms with Crippen LogP contribution in [0.5, 0.6) is 11.5 Å². The molecule has 0 unspecified atom stereocenters. The molecule has 3 nitrogen and oxygen atoms in total. The summed E-state index contributed by atoms with van der Waals surface area (Å²) in [5.74, 6) is 1.54. The highest BCUT2D eigenvalue weighted by Gasteiger charge is 2.26. The highest BCUT2D eigenvalue weighted by atomic mass is 32.2. The van der Waals surface area contributed by atoms with Gasteiger partial charge in [0.2, 0.25) is 0 Å². The van der Waals surface area contributed by atoms with Crippen LogP contribution in [0.15, 0.2) is 33.6 Å². The van der Waals surface area contributed by atoms with Crippen LogP contribution >= 0.6 is 23.5 Å². The molecular weight excluding hydrogens is 316 g/mol. The zero-order chi connectivity index (χ0) is 16.1. The predicted octanol–water partition coefficient (Wildman–Crippen LogP) is 4.39. The lowest BCUT2D eigenvalue weighted by Gasteiger charge is -2.08. The van der Waals surface area contributed by atoms with Gasteiger partial charge in [0.15, 0.2) is 17.3 Å². The molecule has 0 aromatic heterocycles. The van der Waals surface area contributed by atoms with Crippen LogP contribution in [-0.2, 0) is 4.79 Å². The Morgan fingerprint density at radius 2 is 1.77 bits per heavy atom. The van der Waals surface area contributed by atoms with Gasteiger partial charge in [-0.25, -0.2) is 0 Å². The van der Waals surface area contributed by atoms with Crippen molar-refractivity contribution < 1.29 is 14.3 Å². The Hall–Kier alpha value is -1.33. The van der Waals surface area contributed by atoms with Gasteiger partial charge in [0.1, 0.15) is 0 Å². The topological polar surface area (TPSA) is 35.5 Å². The molecular formula is C17H20O3S2. The molecule has 0 aliphatic heterocycles. The van der Waals surface area contributed by atoms with Gasteiger partial charge in [-0.15, -0.1) is 23.5 Å². The number of carbonyl (C=O) groups is 1. The number of methoxy groups -OCH3 is 2. The molecule has 0 spiro atoms. The molecule has 1 aromatic rings. The van der Waals surface area contributed by atoms with E-state index >= 15 is 0 Å². The minimum absolute atomic E-state index is 0.175. The van der Waals surface area contributed by atoms with Crippen molar-refractivity contribution in [3.8, 4) is 11.5 Å². The summed E-state index contributed by atoms with van der Waals surface area (Å²) in [7, 11) is 3.22. The van der Waals surface area contributed by atoms with Gasteiger partial charge in [-0.1, -0.05) is 6.07 Å². The van der Waals surface area contributed by atoms with E-state index < -0.39 is 0 Å². The standard InChI is InChI=1S/C17H20O3S2/c1-19-14-8-5-11(10-15(14)20-2)9-12-6-7-13(16(12)18)17(21-3)22-4/h5,8-10H,6-7H2,1-4H3. The van der Waals surface area contributed by atoms with E-state index in [0.29, 0.717) is 11.5 Å². The van der Waals surface area contributed by atoms with E-state index in [1.165, 1.54) is 0 Å². The van der Waals surface area contributed by atoms with E-state index in [4.69, 9.17) is 9.47 Å². The van der Waals surface area contributed by atoms with Crippen molar-refractivity contribution in [2.45, 2.75) is 12.8 Å². The zero-order valence-corrected chi connectivity index (χ0v) is 14.9. The summed E-state index contributed by atoms with van der Waals surface area (Å²) in [6.07, 6.45) is 7.61. The summed E-state index contributed by atoms with van der Waals surface area (Å²) in [6.45, 7) is 0. The summed E-state index contributed by atoms with van der Waals surface area (Å²) >= 11 is 3.30. The Morgan fingerprint density at radius 3 is 2.36 bits per heavy atom. The molecule has 0 heterocycles. The maximum absolute atomic E-state index is 12.5. The number of thioether (sulfide) groups is 2. The second kappa shape index (κ2) is 7.79. The number of hydrogen-bond acceptors (Lipinski definition) is 5. The molecule has 1 saturated carbocycles. The van der Waals surface area contributed by atoms with E-state index in [2.05, 4.69) is 0 Å². The highest BCUT2D eigenvalue weighted by molar-refractivity contribution is 8.21. The minimum Gasteiger partial charge on any atom is -0.493 e. The third kappa shape index (κ3) is 3.52. The Bertz CT molecular complexity index is 627. The first kappa shape index (κ1) is 17.0. The molecule has 0 saturated heterocycles. The van der Waals surface area contributed by atoms with Gasteiger partial charge in [0.25, 0.3) is 0 Å². The predicted molar refractivity (Wildman–Crippen MR) is 95.8 cm³/mol. The number of allylic oxidation sites excluding steroid dienone is 2. The first-order valence-electron chi connectivity index (χ1n) is 6.93. The molecule has 0 radical (unpaired) electrons. The lowest BCUT2D eigenvalue weighted by atomic mass is 10.1. The Morgan fingerprint density at radius 1 is 1.09 bits per heavy atom. The van der Waals surface area contributed by atoms with Crippen molar-refractivity contribution in [2.75, 3.05) is 26.7 Å². The van der Waals surface area contributed by atoms with Crippen LogP contribution in [-0.4, -0.2) is 32.5 Å². The van der Waals surface area contributed by atoms with Crippen LogP contribution in [0.25, 0.3) is 6.08 Å². The summed E-state index contributed by atoms with van der Waals surface area (Å²) in [5.41, 5.74) is 2.77. The van der Waals surface area contributed by atoms with E-state index in [1.807, 2.05) is 36.8 Å². The smallest absolute Gasteiger partial charge is 0.186 e. The Labute approximate surface area is 140 Å². The van der Waals surface area contributed by atoms with Crippen molar-refractivity contribution in [1.82, 2.24) is 0 Å². The fourth-order valence-corrected chi connectivity index (χ4v) is 4.04. The molecule has 0 atom stereocenters. The van der Waals surface area contributed by atoms with Crippen LogP contribution in [0.4, 0.5) is 0 Å². The first-order chi connectivity index (χ1) is 10.6. The summed E-state index contributed by atoms with van der Waals surface area (Å²) in [6, 6.07) is 5.69. The van der Waals surface area contributed by atoms with Gasteiger partial charge in [0.05, 0.1) is 14.2 Å². The summed E-state index contributed by atoms with van der Waals surface area (Å²) < 4.78 is 11.7. The first-order valence-corrected chi connectivity index (χ1v) is 9.38. The molecule has 1 aliphatic carbocycles. The number of Topliss-reactive ketones (excluding diaryl/α,β-unsaturated/α-hetero) is 1. The van der Waals surface area contributed by atoms with Crippen molar-refractivity contribution >= 4 is 35.4 Å². The molecule has 1 fully saturated rings. The quantitative estimate of drug-likeness (QED) is 0.745. The number of benzene rings is 1. The number of carbonyl (C=O) groups excluding carboxylic acids is 1. The van der Waals surface area contributed by atoms with Crippen molar-refractivity contribution in [3.05, 3.63) is 39.1 Å². The number of hydrogen-bond donors (Lipinski definition) is 0. The van der Waals surface area contributed by atoms with Crippen LogP contribution in [0.1, 0.15) is 18.4 Å². The monoisotopic (exact) mass is 336 g/mol. The third-order valence-electron chi connectivity index (χ3n) is 3.58. The van der Waals surface area contributed by atoms with Gasteiger partial charge in [-0.3, -0.25) is 4.79 Å². The number of rotatable bonds is 5. The molecule has 1 aliphatic rings.